The predicted molar refractivity (Wildman–Crippen MR) is 240 cm³/mol. The molecule has 0 aromatic heterocycles. The summed E-state index contributed by atoms with van der Waals surface area (Å²) in [6.07, 6.45) is 0. The molecule has 1 fully saturated rings. The van der Waals surface area contributed by atoms with E-state index in [4.69, 9.17) is 3.86 Å². The van der Waals surface area contributed by atoms with Crippen LogP contribution in [0.3, 0.4) is 0 Å². The van der Waals surface area contributed by atoms with Crippen molar-refractivity contribution in [1.29, 1.82) is 0 Å². The first-order chi connectivity index (χ1) is 23.9. The number of hydrogen-bond donors (Lipinski definition) is 0. The van der Waals surface area contributed by atoms with Crippen LogP contribution in [0, 0.1) is 0 Å². The number of rotatable bonds is 6. The summed E-state index contributed by atoms with van der Waals surface area (Å²) in [5, 5.41) is 3.96. The van der Waals surface area contributed by atoms with Crippen molar-refractivity contribution in [1.82, 2.24) is 5.06 Å². The van der Waals surface area contributed by atoms with Crippen molar-refractivity contribution in [3.63, 3.8) is 0 Å². The fraction of sp³-hybridized carbons (Fsp3) is 0.612. The molecule has 0 amide bonds. The van der Waals surface area contributed by atoms with Crippen molar-refractivity contribution >= 4 is 35.6 Å². The standard InChI is InChI=1S/C49H76GeNOP/c1-31(2)35-27-37(32(3)4)41(38(28-35)33(5)6)50(48(16,17)18)44(42(34-25-23-22-24-26-34)51(52-50)49(19,20)21)53-43-39(46(10,11)12)29-36(45(7,8)9)30-40(43)47(13,14)15/h22-33,42H,1-21H3. The summed E-state index contributed by atoms with van der Waals surface area (Å²) in [6.45, 7) is 50.6. The maximum absolute atomic E-state index is 8.20. The third-order valence-electron chi connectivity index (χ3n) is 11.2. The van der Waals surface area contributed by atoms with E-state index in [0.29, 0.717) is 17.8 Å². The van der Waals surface area contributed by atoms with Gasteiger partial charge in [-0.15, -0.1) is 0 Å². The Labute approximate surface area is 331 Å². The SMILES string of the molecule is CC(C)c1cc(C(C)C)[c]([Ge]2([C](C)(C)C)[O]N(C(C)(C)C)C(c3ccccc3)[C]2=Pc2c(C(C)(C)C)cc(C(C)(C)C)cc2C(C)(C)C)c(C(C)C)c1. The van der Waals surface area contributed by atoms with Crippen molar-refractivity contribution in [2.45, 2.75) is 195 Å². The molecule has 4 rings (SSSR count). The van der Waals surface area contributed by atoms with E-state index in [1.807, 2.05) is 0 Å². The number of benzene rings is 3. The summed E-state index contributed by atoms with van der Waals surface area (Å²) in [5.74, 6) is 1.19. The van der Waals surface area contributed by atoms with Crippen LogP contribution in [0.4, 0.5) is 0 Å². The van der Waals surface area contributed by atoms with Gasteiger partial charge in [0.1, 0.15) is 0 Å². The molecule has 0 aliphatic carbocycles. The maximum atomic E-state index is 8.20. The van der Waals surface area contributed by atoms with E-state index in [0.717, 1.165) is 0 Å². The van der Waals surface area contributed by atoms with Crippen LogP contribution in [-0.4, -0.2) is 28.3 Å². The molecular formula is C49H76GeNOP. The van der Waals surface area contributed by atoms with Crippen LogP contribution in [0.1, 0.15) is 208 Å². The van der Waals surface area contributed by atoms with E-state index in [2.05, 4.69) is 205 Å². The van der Waals surface area contributed by atoms with Gasteiger partial charge in [-0.1, -0.05) is 0 Å². The van der Waals surface area contributed by atoms with E-state index in [9.17, 15) is 0 Å². The van der Waals surface area contributed by atoms with Gasteiger partial charge in [-0.2, -0.15) is 0 Å². The average Bonchev–Trinajstić information content (AvgIpc) is 3.35. The van der Waals surface area contributed by atoms with E-state index in [1.54, 1.807) is 8.52 Å². The van der Waals surface area contributed by atoms with E-state index < -0.39 is 13.6 Å². The van der Waals surface area contributed by atoms with Gasteiger partial charge in [0, 0.05) is 0 Å². The van der Waals surface area contributed by atoms with Crippen LogP contribution < -0.4 is 9.70 Å². The van der Waals surface area contributed by atoms with Gasteiger partial charge in [-0.25, -0.2) is 0 Å². The third kappa shape index (κ3) is 8.67. The Morgan fingerprint density at radius 1 is 0.604 bits per heavy atom. The number of hydrogen-bond acceptors (Lipinski definition) is 2. The molecule has 4 heteroatoms. The third-order valence-corrected chi connectivity index (χ3v) is 25.0. The molecule has 2 unspecified atom stereocenters. The minimum atomic E-state index is -3.93. The van der Waals surface area contributed by atoms with Crippen molar-refractivity contribution in [3.8, 4) is 0 Å². The van der Waals surface area contributed by atoms with Crippen LogP contribution in [0.15, 0.2) is 54.6 Å². The molecule has 1 aliphatic heterocycles. The summed E-state index contributed by atoms with van der Waals surface area (Å²) >= 11 is -3.93. The second-order valence-corrected chi connectivity index (χ2v) is 32.6. The topological polar surface area (TPSA) is 12.5 Å². The molecule has 0 spiro atoms. The second kappa shape index (κ2) is 15.0. The molecule has 1 heterocycles. The van der Waals surface area contributed by atoms with Crippen LogP contribution in [-0.2, 0) is 20.1 Å². The molecule has 2 atom stereocenters. The summed E-state index contributed by atoms with van der Waals surface area (Å²) in [4.78, 5) is 0. The molecule has 0 saturated carbocycles. The van der Waals surface area contributed by atoms with Crippen LogP contribution in [0.25, 0.3) is 0 Å². The molecule has 1 saturated heterocycles. The summed E-state index contributed by atoms with van der Waals surface area (Å²) in [6, 6.07) is 21.6. The fourth-order valence-electron chi connectivity index (χ4n) is 8.03. The van der Waals surface area contributed by atoms with E-state index >= 15 is 0 Å². The first kappa shape index (κ1) is 44.0. The zero-order chi connectivity index (χ0) is 40.4. The summed E-state index contributed by atoms with van der Waals surface area (Å²) in [5.41, 5.74) is 9.86. The fourth-order valence-corrected chi connectivity index (χ4v) is 24.8. The molecule has 3 aromatic carbocycles. The summed E-state index contributed by atoms with van der Waals surface area (Å²) < 4.78 is 11.3. The Morgan fingerprint density at radius 3 is 1.40 bits per heavy atom. The van der Waals surface area contributed by atoms with Crippen molar-refractivity contribution < 1.29 is 3.86 Å². The molecule has 0 radical (unpaired) electrons. The Morgan fingerprint density at radius 2 is 1.06 bits per heavy atom. The van der Waals surface area contributed by atoms with E-state index in [-0.39, 0.29) is 32.1 Å². The zero-order valence-corrected chi connectivity index (χ0v) is 40.8. The normalized spacial score (nSPS) is 20.5. The zero-order valence-electron chi connectivity index (χ0n) is 37.8. The Balaban J connectivity index is 2.43. The van der Waals surface area contributed by atoms with Gasteiger partial charge in [0.25, 0.3) is 0 Å². The molecule has 292 valence electrons. The molecular weight excluding hydrogens is 722 g/mol. The van der Waals surface area contributed by atoms with Gasteiger partial charge in [0.05, 0.1) is 0 Å². The van der Waals surface area contributed by atoms with E-state index in [1.165, 1.54) is 52.5 Å². The van der Waals surface area contributed by atoms with Crippen molar-refractivity contribution in [2.75, 3.05) is 0 Å². The second-order valence-electron chi connectivity index (χ2n) is 22.0. The minimum absolute atomic E-state index is 0.0184. The average molecular weight is 799 g/mol. The predicted octanol–water partition coefficient (Wildman–Crippen LogP) is 13.7. The molecule has 2 nitrogen and oxygen atoms in total. The molecule has 0 N–H and O–H groups in total. The molecule has 0 bridgehead atoms. The molecule has 3 aromatic rings. The van der Waals surface area contributed by atoms with Crippen LogP contribution >= 0.6 is 8.20 Å². The van der Waals surface area contributed by atoms with Crippen molar-refractivity contribution in [2.24, 2.45) is 0 Å². The van der Waals surface area contributed by atoms with Crippen LogP contribution in [0.5, 0.6) is 0 Å². The van der Waals surface area contributed by atoms with Gasteiger partial charge in [0.2, 0.25) is 0 Å². The summed E-state index contributed by atoms with van der Waals surface area (Å²) in [7, 11) is 1.31. The van der Waals surface area contributed by atoms with Gasteiger partial charge < -0.3 is 0 Å². The Bertz CT molecular complexity index is 1730. The van der Waals surface area contributed by atoms with Crippen LogP contribution in [0.2, 0.25) is 4.25 Å². The molecule has 53 heavy (non-hydrogen) atoms. The Hall–Kier alpha value is -1.71. The molecule has 1 aliphatic rings. The van der Waals surface area contributed by atoms with Gasteiger partial charge in [-0.05, 0) is 0 Å². The Kier molecular flexibility index (Phi) is 12.4. The monoisotopic (exact) mass is 799 g/mol. The quantitative estimate of drug-likeness (QED) is 0.182. The van der Waals surface area contributed by atoms with Gasteiger partial charge in [0.15, 0.2) is 0 Å². The van der Waals surface area contributed by atoms with Gasteiger partial charge in [-0.3, -0.25) is 0 Å². The first-order valence-corrected chi connectivity index (χ1v) is 25.3. The van der Waals surface area contributed by atoms with Crippen molar-refractivity contribution in [3.05, 3.63) is 93.5 Å². The van der Waals surface area contributed by atoms with Gasteiger partial charge >= 0.3 is 333 Å². The number of hydroxylamine groups is 2. The first-order valence-electron chi connectivity index (χ1n) is 20.4. The number of nitrogens with zero attached hydrogens (tertiary/aromatic N) is 1.